The van der Waals surface area contributed by atoms with Gasteiger partial charge < -0.3 is 50.5 Å². The molecule has 0 bridgehead atoms. The summed E-state index contributed by atoms with van der Waals surface area (Å²) in [6, 6.07) is 0. The monoisotopic (exact) mass is 296 g/mol. The van der Waals surface area contributed by atoms with E-state index in [2.05, 4.69) is 50.5 Å². The van der Waals surface area contributed by atoms with Crippen molar-refractivity contribution in [3.8, 4) is 0 Å². The van der Waals surface area contributed by atoms with Crippen molar-refractivity contribution in [3.05, 3.63) is 0 Å². The number of hydrogen-bond acceptors (Lipinski definition) is 4. The Morgan fingerprint density at radius 2 is 0.600 bits per heavy atom. The Morgan fingerprint density at radius 3 is 0.600 bits per heavy atom. The van der Waals surface area contributed by atoms with E-state index >= 15 is 0 Å². The van der Waals surface area contributed by atoms with Gasteiger partial charge in [-0.25, -0.2) is 0 Å². The first kappa shape index (κ1) is 22.9. The molecule has 0 radical (unpaired) electrons. The van der Waals surface area contributed by atoms with E-state index in [0.717, 1.165) is 23.0 Å². The topological polar surface area (TPSA) is 0 Å². The van der Waals surface area contributed by atoms with Crippen molar-refractivity contribution < 1.29 is 34.1 Å². The summed E-state index contributed by atoms with van der Waals surface area (Å²) >= 11 is 17.8. The van der Waals surface area contributed by atoms with Gasteiger partial charge in [0.1, 0.15) is 0 Å². The molecule has 0 aliphatic rings. The van der Waals surface area contributed by atoms with Crippen molar-refractivity contribution >= 4 is 50.5 Å². The van der Waals surface area contributed by atoms with Gasteiger partial charge in [-0.05, 0) is 0 Å². The Kier molecular flexibility index (Phi) is 68.7. The Balaban J connectivity index is -0.0000000300. The molecule has 0 aromatic carbocycles. The molecular formula is C4H8Fe2S4. The summed E-state index contributed by atoms with van der Waals surface area (Å²) in [5.41, 5.74) is 0. The zero-order valence-corrected chi connectivity index (χ0v) is 10.6. The second-order valence-corrected chi connectivity index (χ2v) is 2.45. The summed E-state index contributed by atoms with van der Waals surface area (Å²) < 4.78 is 0. The van der Waals surface area contributed by atoms with Gasteiger partial charge in [0.2, 0.25) is 0 Å². The molecule has 0 amide bonds. The van der Waals surface area contributed by atoms with Crippen molar-refractivity contribution in [3.63, 3.8) is 0 Å². The number of rotatable bonds is 2. The van der Waals surface area contributed by atoms with Crippen LogP contribution < -0.4 is 0 Å². The van der Waals surface area contributed by atoms with Crippen molar-refractivity contribution in [1.82, 2.24) is 0 Å². The smallest absolute Gasteiger partial charge is 0.794 e. The molecule has 0 aliphatic carbocycles. The van der Waals surface area contributed by atoms with Crippen LogP contribution in [-0.2, 0) is 84.7 Å². The third kappa shape index (κ3) is 47.2. The zero-order chi connectivity index (χ0) is 6.83. The Hall–Kier alpha value is 2.44. The molecule has 64 valence electrons. The van der Waals surface area contributed by atoms with Crippen LogP contribution in [0.15, 0.2) is 0 Å². The average Bonchev–Trinajstić information content (AvgIpc) is 1.88. The van der Waals surface area contributed by atoms with Crippen LogP contribution in [0.1, 0.15) is 0 Å². The van der Waals surface area contributed by atoms with Gasteiger partial charge in [0, 0.05) is 0 Å². The Bertz CT molecular complexity index is 23.2. The fourth-order valence-corrected chi connectivity index (χ4v) is 0. The van der Waals surface area contributed by atoms with Crippen molar-refractivity contribution in [2.45, 2.75) is 0 Å². The molecule has 0 aromatic rings. The van der Waals surface area contributed by atoms with Crippen molar-refractivity contribution in [2.75, 3.05) is 23.0 Å². The average molecular weight is 296 g/mol. The Labute approximate surface area is 107 Å². The number of hydrogen-bond donors (Lipinski definition) is 0. The molecule has 0 N–H and O–H groups in total. The van der Waals surface area contributed by atoms with Gasteiger partial charge in [-0.3, -0.25) is 0 Å². The van der Waals surface area contributed by atoms with Gasteiger partial charge in [0.05, 0.1) is 0 Å². The molecule has 10 heavy (non-hydrogen) atoms. The maximum absolute atomic E-state index is 4.45. The summed E-state index contributed by atoms with van der Waals surface area (Å²) in [6.45, 7) is 0. The van der Waals surface area contributed by atoms with Crippen molar-refractivity contribution in [1.29, 1.82) is 0 Å². The van der Waals surface area contributed by atoms with E-state index in [9.17, 15) is 0 Å². The van der Waals surface area contributed by atoms with Gasteiger partial charge in [0.25, 0.3) is 0 Å². The molecule has 0 unspecified atom stereocenters. The Morgan fingerprint density at radius 1 is 0.500 bits per heavy atom. The van der Waals surface area contributed by atoms with E-state index < -0.39 is 0 Å². The fraction of sp³-hybridized carbons (Fsp3) is 1.00. The van der Waals surface area contributed by atoms with Crippen LogP contribution in [0.3, 0.4) is 0 Å². The molecule has 0 fully saturated rings. The zero-order valence-electron chi connectivity index (χ0n) is 5.17. The molecule has 0 spiro atoms. The van der Waals surface area contributed by atoms with Crippen molar-refractivity contribution in [2.24, 2.45) is 0 Å². The molecule has 0 nitrogen and oxygen atoms in total. The quantitative estimate of drug-likeness (QED) is 0.525. The molecule has 0 heterocycles. The summed E-state index contributed by atoms with van der Waals surface area (Å²) in [5, 5.41) is 0. The van der Waals surface area contributed by atoms with Gasteiger partial charge in [-0.2, -0.15) is 23.0 Å². The molecular weight excluding hydrogens is 288 g/mol. The fourth-order valence-electron chi connectivity index (χ4n) is 0. The van der Waals surface area contributed by atoms with Crippen LogP contribution in [0.2, 0.25) is 0 Å². The van der Waals surface area contributed by atoms with Crippen LogP contribution >= 0.6 is 0 Å². The minimum atomic E-state index is 0. The maximum atomic E-state index is 4.45. The first-order valence-electron chi connectivity index (χ1n) is 2.15. The summed E-state index contributed by atoms with van der Waals surface area (Å²) in [4.78, 5) is 0. The maximum Gasteiger partial charge on any atom is 2.00 e. The molecule has 0 rings (SSSR count). The molecule has 0 aliphatic heterocycles. The normalized spacial score (nSPS) is 6.00. The van der Waals surface area contributed by atoms with E-state index in [1.807, 2.05) is 0 Å². The SMILES string of the molecule is [Fe+2].[Fe+2].[S-]CC[S-].[S-]CC[S-]. The third-order valence-corrected chi connectivity index (χ3v) is 1.50. The molecule has 0 saturated carbocycles. The van der Waals surface area contributed by atoms with Crippen LogP contribution in [0.5, 0.6) is 0 Å². The van der Waals surface area contributed by atoms with E-state index in [4.69, 9.17) is 0 Å². The van der Waals surface area contributed by atoms with E-state index in [0.29, 0.717) is 0 Å². The van der Waals surface area contributed by atoms with E-state index in [1.54, 1.807) is 0 Å². The predicted molar refractivity (Wildman–Crippen MR) is 48.9 cm³/mol. The third-order valence-electron chi connectivity index (χ3n) is 0.167. The molecule has 0 saturated heterocycles. The van der Waals surface area contributed by atoms with Gasteiger partial charge >= 0.3 is 34.1 Å². The van der Waals surface area contributed by atoms with E-state index in [-0.39, 0.29) is 34.1 Å². The van der Waals surface area contributed by atoms with Gasteiger partial charge in [-0.15, -0.1) is 0 Å². The minimum absolute atomic E-state index is 0. The molecule has 0 aromatic heterocycles. The van der Waals surface area contributed by atoms with Crippen LogP contribution in [0, 0.1) is 0 Å². The van der Waals surface area contributed by atoms with Crippen LogP contribution in [0.4, 0.5) is 0 Å². The van der Waals surface area contributed by atoms with Crippen LogP contribution in [-0.4, -0.2) is 23.0 Å². The summed E-state index contributed by atoms with van der Waals surface area (Å²) in [6.07, 6.45) is 0. The largest absolute Gasteiger partial charge is 2.00 e. The second kappa shape index (κ2) is 30.1. The predicted octanol–water partition coefficient (Wildman–Crippen LogP) is 0.155. The van der Waals surface area contributed by atoms with Gasteiger partial charge in [0.15, 0.2) is 0 Å². The van der Waals surface area contributed by atoms with E-state index in [1.165, 1.54) is 0 Å². The van der Waals surface area contributed by atoms with Crippen LogP contribution in [0.25, 0.3) is 0 Å². The standard InChI is InChI=1S/2C2H6S2.2Fe/c2*3-1-2-4;;/h2*3-4H,1-2H2;;/q;;2*+2/p-4. The second-order valence-electron chi connectivity index (χ2n) is 0.816. The molecule has 6 heteroatoms. The summed E-state index contributed by atoms with van der Waals surface area (Å²) in [7, 11) is 0. The first-order chi connectivity index (χ1) is 3.83. The van der Waals surface area contributed by atoms with Gasteiger partial charge in [-0.1, -0.05) is 0 Å². The molecule has 0 atom stereocenters. The minimum Gasteiger partial charge on any atom is -0.794 e. The first-order valence-corrected chi connectivity index (χ1v) is 4.46. The summed E-state index contributed by atoms with van der Waals surface area (Å²) in [5.74, 6) is 2.87.